The van der Waals surface area contributed by atoms with Crippen LogP contribution in [0.25, 0.3) is 0 Å². The van der Waals surface area contributed by atoms with Gasteiger partial charge in [-0.15, -0.1) is 0 Å². The van der Waals surface area contributed by atoms with E-state index in [1.165, 1.54) is 12.8 Å². The molecule has 2 unspecified atom stereocenters. The van der Waals surface area contributed by atoms with E-state index in [0.717, 1.165) is 6.42 Å². The van der Waals surface area contributed by atoms with Gasteiger partial charge in [0.1, 0.15) is 0 Å². The summed E-state index contributed by atoms with van der Waals surface area (Å²) < 4.78 is 1.71. The molecule has 3 nitrogen and oxygen atoms in total. The van der Waals surface area contributed by atoms with E-state index >= 15 is 0 Å². The summed E-state index contributed by atoms with van der Waals surface area (Å²) in [5, 5.41) is 0. The minimum absolute atomic E-state index is 0.145. The van der Waals surface area contributed by atoms with E-state index in [9.17, 15) is 4.79 Å². The highest BCUT2D eigenvalue weighted by Crippen LogP contribution is 2.18. The van der Waals surface area contributed by atoms with E-state index in [1.54, 1.807) is 10.8 Å². The third kappa shape index (κ3) is 3.50. The Morgan fingerprint density at radius 2 is 2.20 bits per heavy atom. The lowest BCUT2D eigenvalue weighted by molar-refractivity contribution is 0.376. The molecule has 0 bridgehead atoms. The van der Waals surface area contributed by atoms with E-state index in [2.05, 4.69) is 25.8 Å². The first kappa shape index (κ1) is 12.0. The number of aromatic nitrogens is 2. The maximum atomic E-state index is 11.5. The number of nitrogens with zero attached hydrogens (tertiary/aromatic N) is 2. The number of rotatable bonds is 5. The van der Waals surface area contributed by atoms with Gasteiger partial charge in [0.15, 0.2) is 0 Å². The van der Waals surface area contributed by atoms with E-state index in [4.69, 9.17) is 0 Å². The molecule has 0 aromatic carbocycles. The predicted octanol–water partition coefficient (Wildman–Crippen LogP) is 2.63. The maximum absolute atomic E-state index is 11.5. The van der Waals surface area contributed by atoms with Crippen molar-refractivity contribution in [1.29, 1.82) is 0 Å². The quantitative estimate of drug-likeness (QED) is 0.745. The minimum atomic E-state index is -0.145. The highest BCUT2D eigenvalue weighted by atomic mass is 16.1. The van der Waals surface area contributed by atoms with Crippen LogP contribution in [-0.2, 0) is 0 Å². The molecule has 0 fully saturated rings. The molecule has 0 amide bonds. The van der Waals surface area contributed by atoms with E-state index in [-0.39, 0.29) is 11.7 Å². The van der Waals surface area contributed by atoms with Crippen molar-refractivity contribution in [2.75, 3.05) is 0 Å². The molecule has 0 spiro atoms. The third-order valence-electron chi connectivity index (χ3n) is 2.74. The van der Waals surface area contributed by atoms with Crippen LogP contribution in [0.15, 0.2) is 23.3 Å². The number of hydrogen-bond acceptors (Lipinski definition) is 2. The summed E-state index contributed by atoms with van der Waals surface area (Å²) in [6.07, 6.45) is 6.83. The van der Waals surface area contributed by atoms with Gasteiger partial charge in [-0.25, -0.2) is 9.78 Å². The average Bonchev–Trinajstić information content (AvgIpc) is 2.18. The first-order chi connectivity index (χ1) is 7.15. The topological polar surface area (TPSA) is 34.9 Å². The van der Waals surface area contributed by atoms with Crippen LogP contribution in [0.1, 0.15) is 46.1 Å². The van der Waals surface area contributed by atoms with Crippen molar-refractivity contribution in [3.63, 3.8) is 0 Å². The molecule has 1 aromatic rings. The Morgan fingerprint density at radius 3 is 2.80 bits per heavy atom. The van der Waals surface area contributed by atoms with Crippen molar-refractivity contribution < 1.29 is 0 Å². The van der Waals surface area contributed by atoms with Crippen molar-refractivity contribution in [3.8, 4) is 0 Å². The van der Waals surface area contributed by atoms with Crippen molar-refractivity contribution in [1.82, 2.24) is 9.55 Å². The van der Waals surface area contributed by atoms with Crippen LogP contribution < -0.4 is 5.69 Å². The summed E-state index contributed by atoms with van der Waals surface area (Å²) in [6.45, 7) is 6.51. The molecule has 1 heterocycles. The summed E-state index contributed by atoms with van der Waals surface area (Å²) >= 11 is 0. The summed E-state index contributed by atoms with van der Waals surface area (Å²) in [4.78, 5) is 15.2. The standard InChI is InChI=1S/C12H20N2O/c1-4-6-10(2)9-11(3)14-8-5-7-13-12(14)15/h5,7-8,10-11H,4,6,9H2,1-3H3. The maximum Gasteiger partial charge on any atom is 0.347 e. The zero-order valence-corrected chi connectivity index (χ0v) is 9.81. The van der Waals surface area contributed by atoms with Crippen LogP contribution in [-0.4, -0.2) is 9.55 Å². The van der Waals surface area contributed by atoms with Gasteiger partial charge in [-0.05, 0) is 25.3 Å². The van der Waals surface area contributed by atoms with Crippen molar-refractivity contribution in [2.45, 2.75) is 46.1 Å². The fraction of sp³-hybridized carbons (Fsp3) is 0.667. The van der Waals surface area contributed by atoms with E-state index in [1.807, 2.05) is 12.3 Å². The Labute approximate surface area is 91.2 Å². The van der Waals surface area contributed by atoms with Crippen LogP contribution >= 0.6 is 0 Å². The lowest BCUT2D eigenvalue weighted by Crippen LogP contribution is -2.25. The largest absolute Gasteiger partial charge is 0.347 e. The van der Waals surface area contributed by atoms with Gasteiger partial charge in [0.2, 0.25) is 0 Å². The molecule has 1 rings (SSSR count). The van der Waals surface area contributed by atoms with Crippen molar-refractivity contribution in [3.05, 3.63) is 28.9 Å². The molecule has 0 N–H and O–H groups in total. The Bertz CT molecular complexity index is 345. The molecule has 0 saturated carbocycles. The van der Waals surface area contributed by atoms with Crippen LogP contribution in [0, 0.1) is 5.92 Å². The summed E-state index contributed by atoms with van der Waals surface area (Å²) in [6, 6.07) is 2.05. The predicted molar refractivity (Wildman–Crippen MR) is 61.9 cm³/mol. The molecular weight excluding hydrogens is 188 g/mol. The summed E-state index contributed by atoms with van der Waals surface area (Å²) in [5.74, 6) is 0.664. The molecule has 0 aliphatic heterocycles. The van der Waals surface area contributed by atoms with Gasteiger partial charge in [-0.3, -0.25) is 4.57 Å². The SMILES string of the molecule is CCCC(C)CC(C)n1cccnc1=O. The van der Waals surface area contributed by atoms with Crippen LogP contribution in [0.2, 0.25) is 0 Å². The Balaban J connectivity index is 2.65. The lowest BCUT2D eigenvalue weighted by atomic mass is 9.98. The molecule has 3 heteroatoms. The molecule has 0 aliphatic carbocycles. The zero-order chi connectivity index (χ0) is 11.3. The van der Waals surface area contributed by atoms with E-state index in [0.29, 0.717) is 5.92 Å². The summed E-state index contributed by atoms with van der Waals surface area (Å²) in [5.41, 5.74) is -0.145. The lowest BCUT2D eigenvalue weighted by Gasteiger charge is -2.18. The van der Waals surface area contributed by atoms with Gasteiger partial charge in [-0.2, -0.15) is 0 Å². The van der Waals surface area contributed by atoms with Gasteiger partial charge in [0.05, 0.1) is 0 Å². The van der Waals surface area contributed by atoms with Crippen LogP contribution in [0.5, 0.6) is 0 Å². The Kier molecular flexibility index (Phi) is 4.53. The van der Waals surface area contributed by atoms with Gasteiger partial charge in [0.25, 0.3) is 0 Å². The van der Waals surface area contributed by atoms with Gasteiger partial charge >= 0.3 is 5.69 Å². The van der Waals surface area contributed by atoms with E-state index < -0.39 is 0 Å². The number of hydrogen-bond donors (Lipinski definition) is 0. The molecule has 1 aromatic heterocycles. The Morgan fingerprint density at radius 1 is 1.47 bits per heavy atom. The van der Waals surface area contributed by atoms with Crippen molar-refractivity contribution >= 4 is 0 Å². The third-order valence-corrected chi connectivity index (χ3v) is 2.74. The summed E-state index contributed by atoms with van der Waals surface area (Å²) in [7, 11) is 0. The second kappa shape index (κ2) is 5.69. The molecular formula is C12H20N2O. The molecule has 0 radical (unpaired) electrons. The molecule has 15 heavy (non-hydrogen) atoms. The molecule has 84 valence electrons. The average molecular weight is 208 g/mol. The van der Waals surface area contributed by atoms with Gasteiger partial charge in [-0.1, -0.05) is 26.7 Å². The first-order valence-corrected chi connectivity index (χ1v) is 5.68. The molecule has 0 saturated heterocycles. The minimum Gasteiger partial charge on any atom is -0.296 e. The highest BCUT2D eigenvalue weighted by molar-refractivity contribution is 4.84. The van der Waals surface area contributed by atoms with Crippen LogP contribution in [0.4, 0.5) is 0 Å². The Hall–Kier alpha value is -1.12. The fourth-order valence-electron chi connectivity index (χ4n) is 2.01. The second-order valence-corrected chi connectivity index (χ2v) is 4.29. The van der Waals surface area contributed by atoms with Crippen LogP contribution in [0.3, 0.4) is 0 Å². The molecule has 2 atom stereocenters. The normalized spacial score (nSPS) is 14.9. The second-order valence-electron chi connectivity index (χ2n) is 4.29. The monoisotopic (exact) mass is 208 g/mol. The van der Waals surface area contributed by atoms with Crippen molar-refractivity contribution in [2.24, 2.45) is 5.92 Å². The van der Waals surface area contributed by atoms with Gasteiger partial charge < -0.3 is 0 Å². The van der Waals surface area contributed by atoms with Gasteiger partial charge in [0, 0.05) is 18.4 Å². The molecule has 0 aliphatic rings. The zero-order valence-electron chi connectivity index (χ0n) is 9.81. The smallest absolute Gasteiger partial charge is 0.296 e. The fourth-order valence-corrected chi connectivity index (χ4v) is 2.01. The highest BCUT2D eigenvalue weighted by Gasteiger charge is 2.10. The first-order valence-electron chi connectivity index (χ1n) is 5.68.